The number of carbonyl (C=O) groups is 1. The first kappa shape index (κ1) is 20.1. The summed E-state index contributed by atoms with van der Waals surface area (Å²) in [6.07, 6.45) is 1.48. The Labute approximate surface area is 170 Å². The van der Waals surface area contributed by atoms with Crippen LogP contribution in [0.2, 0.25) is 10.0 Å². The maximum absolute atomic E-state index is 12.0. The molecule has 0 aliphatic carbocycles. The van der Waals surface area contributed by atoms with Crippen LogP contribution in [-0.2, 0) is 16.1 Å². The lowest BCUT2D eigenvalue weighted by molar-refractivity contribution is -0.126. The smallest absolute Gasteiger partial charge is 0.258 e. The number of nitrogens with zero attached hydrogens (tertiary/aromatic N) is 2. The van der Waals surface area contributed by atoms with Gasteiger partial charge in [-0.25, -0.2) is 9.97 Å². The third kappa shape index (κ3) is 5.41. The second-order valence-electron chi connectivity index (χ2n) is 5.78. The summed E-state index contributed by atoms with van der Waals surface area (Å²) in [5, 5.41) is 7.04. The molecule has 0 radical (unpaired) electrons. The molecular formula is C18H17Cl2N5O3. The van der Waals surface area contributed by atoms with Gasteiger partial charge in [0.25, 0.3) is 5.56 Å². The predicted molar refractivity (Wildman–Crippen MR) is 108 cm³/mol. The Morgan fingerprint density at radius 1 is 1.21 bits per heavy atom. The molecule has 0 saturated carbocycles. The van der Waals surface area contributed by atoms with Crippen molar-refractivity contribution in [1.29, 1.82) is 0 Å². The van der Waals surface area contributed by atoms with Gasteiger partial charge in [0.15, 0.2) is 0 Å². The minimum atomic E-state index is -0.292. The van der Waals surface area contributed by atoms with Crippen LogP contribution in [0, 0.1) is 0 Å². The molecule has 10 heteroatoms. The van der Waals surface area contributed by atoms with Crippen LogP contribution in [-0.4, -0.2) is 40.6 Å². The lowest BCUT2D eigenvalue weighted by Gasteiger charge is -2.09. The van der Waals surface area contributed by atoms with Gasteiger partial charge in [-0.05, 0) is 18.2 Å². The first-order chi connectivity index (χ1) is 13.5. The molecule has 146 valence electrons. The Kier molecular flexibility index (Phi) is 6.80. The van der Waals surface area contributed by atoms with Crippen LogP contribution in [0.1, 0.15) is 5.82 Å². The summed E-state index contributed by atoms with van der Waals surface area (Å²) in [6, 6.07) is 8.59. The maximum atomic E-state index is 12.0. The SMILES string of the molecule is O=C(COCc1nc2ccccc2c(=O)[nH]1)NCCNc1ncc(Cl)cc1Cl. The second kappa shape index (κ2) is 9.50. The number of aromatic amines is 1. The van der Waals surface area contributed by atoms with Crippen LogP contribution in [0.3, 0.4) is 0 Å². The average molecular weight is 422 g/mol. The summed E-state index contributed by atoms with van der Waals surface area (Å²) in [5.74, 6) is 0.560. The number of carbonyl (C=O) groups excluding carboxylic acids is 1. The van der Waals surface area contributed by atoms with E-state index in [0.717, 1.165) is 0 Å². The fraction of sp³-hybridized carbons (Fsp3) is 0.222. The molecule has 1 amide bonds. The number of para-hydroxylation sites is 1. The van der Waals surface area contributed by atoms with E-state index in [4.69, 9.17) is 27.9 Å². The summed E-state index contributed by atoms with van der Waals surface area (Å²) < 4.78 is 5.32. The van der Waals surface area contributed by atoms with E-state index in [9.17, 15) is 9.59 Å². The van der Waals surface area contributed by atoms with Crippen LogP contribution in [0.15, 0.2) is 41.3 Å². The van der Waals surface area contributed by atoms with Crippen molar-refractivity contribution >= 4 is 45.8 Å². The quantitative estimate of drug-likeness (QED) is 0.481. The van der Waals surface area contributed by atoms with Crippen molar-refractivity contribution in [2.75, 3.05) is 25.0 Å². The lowest BCUT2D eigenvalue weighted by Crippen LogP contribution is -2.32. The first-order valence-corrected chi connectivity index (χ1v) is 9.16. The number of H-pyrrole nitrogens is 1. The highest BCUT2D eigenvalue weighted by Crippen LogP contribution is 2.21. The number of amides is 1. The zero-order chi connectivity index (χ0) is 19.9. The van der Waals surface area contributed by atoms with E-state index in [2.05, 4.69) is 25.6 Å². The van der Waals surface area contributed by atoms with Crippen LogP contribution in [0.5, 0.6) is 0 Å². The molecule has 0 atom stereocenters. The van der Waals surface area contributed by atoms with Crippen molar-refractivity contribution in [3.05, 3.63) is 62.8 Å². The van der Waals surface area contributed by atoms with Crippen molar-refractivity contribution in [2.24, 2.45) is 0 Å². The molecule has 2 heterocycles. The fourth-order valence-corrected chi connectivity index (χ4v) is 2.87. The monoisotopic (exact) mass is 421 g/mol. The number of rotatable bonds is 8. The minimum absolute atomic E-state index is 0.0239. The van der Waals surface area contributed by atoms with Crippen molar-refractivity contribution in [1.82, 2.24) is 20.3 Å². The third-order valence-electron chi connectivity index (χ3n) is 3.68. The molecule has 3 N–H and O–H groups in total. The minimum Gasteiger partial charge on any atom is -0.367 e. The van der Waals surface area contributed by atoms with Gasteiger partial charge in [0.2, 0.25) is 5.91 Å². The van der Waals surface area contributed by atoms with E-state index in [-0.39, 0.29) is 24.7 Å². The van der Waals surface area contributed by atoms with E-state index in [1.165, 1.54) is 6.20 Å². The summed E-state index contributed by atoms with van der Waals surface area (Å²) in [7, 11) is 0. The molecule has 8 nitrogen and oxygen atoms in total. The van der Waals surface area contributed by atoms with Crippen molar-refractivity contribution < 1.29 is 9.53 Å². The topological polar surface area (TPSA) is 109 Å². The summed E-state index contributed by atoms with van der Waals surface area (Å²) >= 11 is 11.8. The highest BCUT2D eigenvalue weighted by molar-refractivity contribution is 6.35. The molecule has 0 spiro atoms. The number of benzene rings is 1. The molecule has 0 saturated heterocycles. The Morgan fingerprint density at radius 2 is 2.04 bits per heavy atom. The largest absolute Gasteiger partial charge is 0.367 e. The molecule has 1 aromatic carbocycles. The van der Waals surface area contributed by atoms with E-state index in [1.807, 2.05) is 0 Å². The van der Waals surface area contributed by atoms with Crippen LogP contribution in [0.4, 0.5) is 5.82 Å². The van der Waals surface area contributed by atoms with Crippen LogP contribution in [0.25, 0.3) is 10.9 Å². The normalized spacial score (nSPS) is 10.8. The highest BCUT2D eigenvalue weighted by Gasteiger charge is 2.06. The van der Waals surface area contributed by atoms with Gasteiger partial charge in [0, 0.05) is 19.3 Å². The predicted octanol–water partition coefficient (Wildman–Crippen LogP) is 2.37. The Balaban J connectivity index is 1.39. The standard InChI is InChI=1S/C18H17Cl2N5O3/c19-11-7-13(20)17(23-8-11)22-6-5-21-16(26)10-28-9-15-24-14-4-2-1-3-12(14)18(27)25-15/h1-4,7-8H,5-6,9-10H2,(H,21,26)(H,22,23)(H,24,25,27). The van der Waals surface area contributed by atoms with Crippen molar-refractivity contribution in [3.63, 3.8) is 0 Å². The number of hydrogen-bond acceptors (Lipinski definition) is 6. The molecular weight excluding hydrogens is 405 g/mol. The number of pyridine rings is 1. The van der Waals surface area contributed by atoms with E-state index < -0.39 is 0 Å². The number of anilines is 1. The number of halogens is 2. The molecule has 0 aliphatic heterocycles. The molecule has 0 bridgehead atoms. The number of aromatic nitrogens is 3. The molecule has 0 unspecified atom stereocenters. The molecule has 3 rings (SSSR count). The number of hydrogen-bond donors (Lipinski definition) is 3. The molecule has 28 heavy (non-hydrogen) atoms. The average Bonchev–Trinajstić information content (AvgIpc) is 2.67. The Hall–Kier alpha value is -2.68. The Morgan fingerprint density at radius 3 is 2.86 bits per heavy atom. The first-order valence-electron chi connectivity index (χ1n) is 8.40. The zero-order valence-electron chi connectivity index (χ0n) is 14.7. The lowest BCUT2D eigenvalue weighted by atomic mass is 10.2. The second-order valence-corrected chi connectivity index (χ2v) is 6.63. The van der Waals surface area contributed by atoms with Gasteiger partial charge in [-0.3, -0.25) is 9.59 Å². The van der Waals surface area contributed by atoms with E-state index in [0.29, 0.717) is 45.7 Å². The van der Waals surface area contributed by atoms with E-state index in [1.54, 1.807) is 30.3 Å². The summed E-state index contributed by atoms with van der Waals surface area (Å²) in [4.78, 5) is 34.8. The fourth-order valence-electron chi connectivity index (χ4n) is 2.42. The molecule has 0 aliphatic rings. The van der Waals surface area contributed by atoms with Gasteiger partial charge in [-0.15, -0.1) is 0 Å². The summed E-state index contributed by atoms with van der Waals surface area (Å²) in [6.45, 7) is 0.653. The number of fused-ring (bicyclic) bond motifs is 1. The third-order valence-corrected chi connectivity index (χ3v) is 4.18. The van der Waals surface area contributed by atoms with Crippen LogP contribution >= 0.6 is 23.2 Å². The van der Waals surface area contributed by atoms with E-state index >= 15 is 0 Å². The van der Waals surface area contributed by atoms with Crippen molar-refractivity contribution in [2.45, 2.75) is 6.61 Å². The number of nitrogens with one attached hydrogen (secondary N) is 3. The molecule has 2 aromatic heterocycles. The maximum Gasteiger partial charge on any atom is 0.258 e. The molecule has 3 aromatic rings. The number of ether oxygens (including phenoxy) is 1. The highest BCUT2D eigenvalue weighted by atomic mass is 35.5. The van der Waals surface area contributed by atoms with Crippen LogP contribution < -0.4 is 16.2 Å². The van der Waals surface area contributed by atoms with Gasteiger partial charge in [-0.2, -0.15) is 0 Å². The Bertz CT molecular complexity index is 1040. The zero-order valence-corrected chi connectivity index (χ0v) is 16.2. The summed E-state index contributed by atoms with van der Waals surface area (Å²) in [5.41, 5.74) is 0.337. The van der Waals surface area contributed by atoms with Gasteiger partial charge < -0.3 is 20.4 Å². The van der Waals surface area contributed by atoms with Gasteiger partial charge in [-0.1, -0.05) is 35.3 Å². The van der Waals surface area contributed by atoms with Gasteiger partial charge in [0.05, 0.1) is 20.9 Å². The molecule has 0 fully saturated rings. The van der Waals surface area contributed by atoms with Gasteiger partial charge in [0.1, 0.15) is 24.9 Å². The van der Waals surface area contributed by atoms with Gasteiger partial charge >= 0.3 is 0 Å². The van der Waals surface area contributed by atoms with Crippen molar-refractivity contribution in [3.8, 4) is 0 Å².